The second-order valence-corrected chi connectivity index (χ2v) is 7.70. The molecule has 0 radical (unpaired) electrons. The molecule has 0 aliphatic rings. The van der Waals surface area contributed by atoms with Gasteiger partial charge in [0.05, 0.1) is 25.0 Å². The Kier molecular flexibility index (Phi) is 20.5. The third kappa shape index (κ3) is 19.6. The number of carbonyl (C=O) groups excluding carboxylic acids is 1. The number of esters is 1. The minimum Gasteiger partial charge on any atom is -0.501 e. The second kappa shape index (κ2) is 21.3. The van der Waals surface area contributed by atoms with Gasteiger partial charge in [0, 0.05) is 0 Å². The van der Waals surface area contributed by atoms with Crippen LogP contribution in [0.25, 0.3) is 0 Å². The summed E-state index contributed by atoms with van der Waals surface area (Å²) in [6, 6.07) is 0. The number of rotatable bonds is 20. The summed E-state index contributed by atoms with van der Waals surface area (Å²) in [5.41, 5.74) is 0.536. The molecule has 0 heterocycles. The Balaban J connectivity index is 3.20. The lowest BCUT2D eigenvalue weighted by Crippen LogP contribution is -2.07. The highest BCUT2D eigenvalue weighted by molar-refractivity contribution is 5.87. The topological polar surface area (TPSA) is 35.5 Å². The van der Waals surface area contributed by atoms with Gasteiger partial charge in [-0.1, -0.05) is 103 Å². The van der Waals surface area contributed by atoms with Crippen molar-refractivity contribution in [2.45, 2.75) is 124 Å². The highest BCUT2D eigenvalue weighted by Crippen LogP contribution is 2.13. The fraction of sp³-hybridized carbons (Fsp3) is 0.875. The first-order valence-corrected chi connectivity index (χ1v) is 11.7. The molecule has 0 saturated heterocycles. The van der Waals surface area contributed by atoms with E-state index in [4.69, 9.17) is 9.47 Å². The van der Waals surface area contributed by atoms with Crippen molar-refractivity contribution in [3.05, 3.63) is 11.8 Å². The molecule has 3 nitrogen and oxygen atoms in total. The van der Waals surface area contributed by atoms with Crippen LogP contribution in [0.3, 0.4) is 0 Å². The van der Waals surface area contributed by atoms with Gasteiger partial charge in [0.25, 0.3) is 0 Å². The van der Waals surface area contributed by atoms with Crippen LogP contribution in [0.2, 0.25) is 0 Å². The van der Waals surface area contributed by atoms with Gasteiger partial charge in [0.1, 0.15) is 0 Å². The van der Waals surface area contributed by atoms with E-state index in [0.29, 0.717) is 18.8 Å². The summed E-state index contributed by atoms with van der Waals surface area (Å²) in [7, 11) is 0. The fourth-order valence-corrected chi connectivity index (χ4v) is 3.19. The summed E-state index contributed by atoms with van der Waals surface area (Å²) in [5.74, 6) is -0.260. The second-order valence-electron chi connectivity index (χ2n) is 7.70. The molecular weight excluding hydrogens is 336 g/mol. The van der Waals surface area contributed by atoms with E-state index in [9.17, 15) is 4.79 Å². The monoisotopic (exact) mass is 382 g/mol. The van der Waals surface area contributed by atoms with Crippen LogP contribution < -0.4 is 0 Å². The normalized spacial score (nSPS) is 11.6. The largest absolute Gasteiger partial charge is 0.501 e. The zero-order valence-corrected chi connectivity index (χ0v) is 18.5. The van der Waals surface area contributed by atoms with Gasteiger partial charge in [-0.3, -0.25) is 0 Å². The highest BCUT2D eigenvalue weighted by Gasteiger charge is 2.05. The van der Waals surface area contributed by atoms with E-state index in [1.807, 2.05) is 6.92 Å². The number of ether oxygens (including phenoxy) is 2. The lowest BCUT2D eigenvalue weighted by Gasteiger charge is -2.05. The van der Waals surface area contributed by atoms with Crippen LogP contribution in [0, 0.1) is 0 Å². The van der Waals surface area contributed by atoms with Crippen molar-refractivity contribution < 1.29 is 14.3 Å². The van der Waals surface area contributed by atoms with Crippen molar-refractivity contribution >= 4 is 5.97 Å². The van der Waals surface area contributed by atoms with Crippen LogP contribution in [0.1, 0.15) is 124 Å². The van der Waals surface area contributed by atoms with E-state index in [0.717, 1.165) is 12.8 Å². The lowest BCUT2D eigenvalue weighted by atomic mass is 10.0. The molecule has 0 spiro atoms. The van der Waals surface area contributed by atoms with Gasteiger partial charge < -0.3 is 9.47 Å². The Morgan fingerprint density at radius 3 is 1.48 bits per heavy atom. The van der Waals surface area contributed by atoms with Gasteiger partial charge in [0.2, 0.25) is 0 Å². The Bertz CT molecular complexity index is 350. The maximum Gasteiger partial charge on any atom is 0.336 e. The van der Waals surface area contributed by atoms with E-state index < -0.39 is 0 Å². The van der Waals surface area contributed by atoms with Gasteiger partial charge in [-0.05, 0) is 20.3 Å². The third-order valence-corrected chi connectivity index (χ3v) is 4.98. The van der Waals surface area contributed by atoms with Crippen LogP contribution in [0.15, 0.2) is 11.8 Å². The number of unbranched alkanes of at least 4 members (excludes halogenated alkanes) is 15. The molecular formula is C24H46O3. The molecule has 0 unspecified atom stereocenters. The maximum atomic E-state index is 11.6. The molecule has 0 bridgehead atoms. The molecule has 0 fully saturated rings. The first kappa shape index (κ1) is 26.0. The summed E-state index contributed by atoms with van der Waals surface area (Å²) in [5, 5.41) is 0. The fourth-order valence-electron chi connectivity index (χ4n) is 3.19. The summed E-state index contributed by atoms with van der Waals surface area (Å²) in [4.78, 5) is 11.6. The van der Waals surface area contributed by atoms with Gasteiger partial charge >= 0.3 is 5.97 Å². The molecule has 0 rings (SSSR count). The van der Waals surface area contributed by atoms with Crippen molar-refractivity contribution in [2.24, 2.45) is 0 Å². The summed E-state index contributed by atoms with van der Waals surface area (Å²) < 4.78 is 10.3. The standard InChI is InChI=1S/C24H46O3/c1-4-6-7-8-9-10-11-12-13-14-15-16-17-18-19-20-21-27-24(25)23(3)22-26-5-2/h22H,4-21H2,1-3H3/b23-22+. The number of hydrogen-bond acceptors (Lipinski definition) is 3. The predicted octanol–water partition coefficient (Wildman–Crippen LogP) is 7.73. The summed E-state index contributed by atoms with van der Waals surface area (Å²) in [6.45, 7) is 7.00. The average Bonchev–Trinajstić information content (AvgIpc) is 2.68. The molecule has 3 heteroatoms. The van der Waals surface area contributed by atoms with E-state index in [1.54, 1.807) is 6.92 Å². The molecule has 0 atom stereocenters. The van der Waals surface area contributed by atoms with Gasteiger partial charge in [-0.15, -0.1) is 0 Å². The van der Waals surface area contributed by atoms with E-state index >= 15 is 0 Å². The zero-order valence-electron chi connectivity index (χ0n) is 18.5. The van der Waals surface area contributed by atoms with Crippen LogP contribution >= 0.6 is 0 Å². The Morgan fingerprint density at radius 2 is 1.07 bits per heavy atom. The summed E-state index contributed by atoms with van der Waals surface area (Å²) >= 11 is 0. The van der Waals surface area contributed by atoms with Crippen molar-refractivity contribution in [1.29, 1.82) is 0 Å². The minimum atomic E-state index is -0.260. The first-order valence-electron chi connectivity index (χ1n) is 11.7. The zero-order chi connectivity index (χ0) is 20.0. The number of hydrogen-bond donors (Lipinski definition) is 0. The molecule has 0 aliphatic heterocycles. The van der Waals surface area contributed by atoms with Gasteiger partial charge in [-0.2, -0.15) is 0 Å². The third-order valence-electron chi connectivity index (χ3n) is 4.98. The predicted molar refractivity (Wildman–Crippen MR) is 116 cm³/mol. The molecule has 0 saturated carbocycles. The molecule has 0 aromatic rings. The van der Waals surface area contributed by atoms with Crippen LogP contribution in [0.4, 0.5) is 0 Å². The van der Waals surface area contributed by atoms with E-state index in [1.165, 1.54) is 96.2 Å². The Labute approximate surface area is 169 Å². The SMILES string of the molecule is CCCCCCCCCCCCCCCCCCOC(=O)/C(C)=C/OCC. The van der Waals surface area contributed by atoms with Gasteiger partial charge in [0.15, 0.2) is 0 Å². The van der Waals surface area contributed by atoms with Crippen LogP contribution in [-0.2, 0) is 14.3 Å². The molecule has 0 amide bonds. The molecule has 0 N–H and O–H groups in total. The highest BCUT2D eigenvalue weighted by atomic mass is 16.5. The minimum absolute atomic E-state index is 0.260. The molecule has 0 aromatic carbocycles. The molecule has 0 aliphatic carbocycles. The lowest BCUT2D eigenvalue weighted by molar-refractivity contribution is -0.139. The quantitative estimate of drug-likeness (QED) is 0.0935. The van der Waals surface area contributed by atoms with Crippen molar-refractivity contribution in [2.75, 3.05) is 13.2 Å². The number of carbonyl (C=O) groups is 1. The van der Waals surface area contributed by atoms with E-state index in [-0.39, 0.29) is 5.97 Å². The maximum absolute atomic E-state index is 11.6. The first-order chi connectivity index (χ1) is 13.2. The molecule has 0 aromatic heterocycles. The average molecular weight is 383 g/mol. The smallest absolute Gasteiger partial charge is 0.336 e. The van der Waals surface area contributed by atoms with Crippen LogP contribution in [-0.4, -0.2) is 19.2 Å². The molecule has 160 valence electrons. The van der Waals surface area contributed by atoms with Crippen molar-refractivity contribution in [3.8, 4) is 0 Å². The van der Waals surface area contributed by atoms with Crippen molar-refractivity contribution in [3.63, 3.8) is 0 Å². The summed E-state index contributed by atoms with van der Waals surface area (Å²) in [6.07, 6.45) is 23.1. The Morgan fingerprint density at radius 1 is 0.667 bits per heavy atom. The Hall–Kier alpha value is -0.990. The van der Waals surface area contributed by atoms with Crippen LogP contribution in [0.5, 0.6) is 0 Å². The van der Waals surface area contributed by atoms with Gasteiger partial charge in [-0.25, -0.2) is 4.79 Å². The molecule has 27 heavy (non-hydrogen) atoms. The van der Waals surface area contributed by atoms with E-state index in [2.05, 4.69) is 6.92 Å². The van der Waals surface area contributed by atoms with Crippen molar-refractivity contribution in [1.82, 2.24) is 0 Å².